The summed E-state index contributed by atoms with van der Waals surface area (Å²) in [5.41, 5.74) is 11.7. The van der Waals surface area contributed by atoms with Crippen LogP contribution in [0.15, 0.2) is 206 Å². The highest BCUT2D eigenvalue weighted by Crippen LogP contribution is 2.45. The van der Waals surface area contributed by atoms with Gasteiger partial charge in [-0.15, -0.1) is 0 Å². The van der Waals surface area contributed by atoms with Crippen molar-refractivity contribution < 1.29 is 0 Å². The maximum atomic E-state index is 2.41. The van der Waals surface area contributed by atoms with Gasteiger partial charge in [0.1, 0.15) is 0 Å². The van der Waals surface area contributed by atoms with Crippen LogP contribution in [0, 0.1) is 0 Å². The zero-order valence-electron chi connectivity index (χ0n) is 28.5. The molecule has 0 saturated heterocycles. The highest BCUT2D eigenvalue weighted by Gasteiger charge is 2.20. The minimum atomic E-state index is 1.11. The molecule has 0 aliphatic carbocycles. The largest absolute Gasteiger partial charge is 0.310 e. The molecule has 10 rings (SSSR count). The molecule has 0 amide bonds. The summed E-state index contributed by atoms with van der Waals surface area (Å²) >= 11 is 0. The second kappa shape index (κ2) is 12.5. The molecule has 10 aromatic rings. The summed E-state index contributed by atoms with van der Waals surface area (Å²) < 4.78 is 2.41. The summed E-state index contributed by atoms with van der Waals surface area (Å²) in [6.07, 6.45) is 0. The fourth-order valence-corrected chi connectivity index (χ4v) is 7.94. The van der Waals surface area contributed by atoms with Crippen LogP contribution in [-0.2, 0) is 0 Å². The summed E-state index contributed by atoms with van der Waals surface area (Å²) in [7, 11) is 0. The van der Waals surface area contributed by atoms with Crippen molar-refractivity contribution >= 4 is 60.4 Å². The van der Waals surface area contributed by atoms with E-state index in [0.717, 1.165) is 22.7 Å². The van der Waals surface area contributed by atoms with Crippen molar-refractivity contribution in [2.24, 2.45) is 0 Å². The van der Waals surface area contributed by atoms with Crippen LogP contribution in [0.1, 0.15) is 0 Å². The molecule has 0 bridgehead atoms. The number of rotatable bonds is 6. The molecule has 1 aromatic heterocycles. The lowest BCUT2D eigenvalue weighted by atomic mass is 9.93. The van der Waals surface area contributed by atoms with E-state index < -0.39 is 0 Å². The van der Waals surface area contributed by atoms with E-state index >= 15 is 0 Å². The Morgan fingerprint density at radius 1 is 0.327 bits per heavy atom. The van der Waals surface area contributed by atoms with Gasteiger partial charge in [-0.2, -0.15) is 0 Å². The lowest BCUT2D eigenvalue weighted by Crippen LogP contribution is -2.09. The maximum absolute atomic E-state index is 2.41. The van der Waals surface area contributed by atoms with Crippen molar-refractivity contribution in [3.63, 3.8) is 0 Å². The molecule has 0 saturated carbocycles. The number of hydrogen-bond acceptors (Lipinski definition) is 1. The summed E-state index contributed by atoms with van der Waals surface area (Å²) in [4.78, 5) is 2.36. The van der Waals surface area contributed by atoms with Crippen LogP contribution < -0.4 is 4.90 Å². The van der Waals surface area contributed by atoms with Gasteiger partial charge in [0.2, 0.25) is 0 Å². The van der Waals surface area contributed by atoms with Crippen molar-refractivity contribution in [2.75, 3.05) is 4.90 Å². The van der Waals surface area contributed by atoms with Gasteiger partial charge in [0.15, 0.2) is 0 Å². The smallest absolute Gasteiger partial charge is 0.0553 e. The molecule has 2 nitrogen and oxygen atoms in total. The standard InChI is InChI=1S/C50H34N2/c1-3-18-41(19-4-1)51(43-30-28-36(29-31-43)38-27-26-35-14-7-8-15-37(35)32-38)44-22-13-17-40(33-44)49-45-23-10-9-16-39(45)34-48-50(49)46-24-11-12-25-47(46)52(48)42-20-5-2-6-21-42/h1-34H. The fraction of sp³-hybridized carbons (Fsp3) is 0. The lowest BCUT2D eigenvalue weighted by molar-refractivity contribution is 1.18. The van der Waals surface area contributed by atoms with Crippen LogP contribution in [0.4, 0.5) is 17.1 Å². The third-order valence-corrected chi connectivity index (χ3v) is 10.3. The van der Waals surface area contributed by atoms with Gasteiger partial charge in [0.05, 0.1) is 11.0 Å². The number of para-hydroxylation sites is 3. The topological polar surface area (TPSA) is 8.17 Å². The molecule has 1 heterocycles. The van der Waals surface area contributed by atoms with Gasteiger partial charge in [-0.3, -0.25) is 0 Å². The Bertz CT molecular complexity index is 2890. The average Bonchev–Trinajstić information content (AvgIpc) is 3.54. The number of fused-ring (bicyclic) bond motifs is 5. The SMILES string of the molecule is c1ccc(N(c2ccc(-c3ccc4ccccc4c3)cc2)c2cccc(-c3c4ccccc4cc4c3c3ccccc3n4-c3ccccc3)c2)cc1. The number of benzene rings is 9. The van der Waals surface area contributed by atoms with E-state index in [0.29, 0.717) is 0 Å². The molecule has 52 heavy (non-hydrogen) atoms. The molecule has 0 N–H and O–H groups in total. The third-order valence-electron chi connectivity index (χ3n) is 10.3. The fourth-order valence-electron chi connectivity index (χ4n) is 7.94. The molecular formula is C50H34N2. The van der Waals surface area contributed by atoms with Gasteiger partial charge in [-0.1, -0.05) is 140 Å². The second-order valence-electron chi connectivity index (χ2n) is 13.4. The zero-order valence-corrected chi connectivity index (χ0v) is 28.5. The zero-order chi connectivity index (χ0) is 34.4. The Morgan fingerprint density at radius 2 is 0.942 bits per heavy atom. The summed E-state index contributed by atoms with van der Waals surface area (Å²) in [5, 5.41) is 7.49. The van der Waals surface area contributed by atoms with E-state index in [1.165, 1.54) is 65.6 Å². The highest BCUT2D eigenvalue weighted by molar-refractivity contribution is 6.23. The van der Waals surface area contributed by atoms with Crippen LogP contribution in [-0.4, -0.2) is 4.57 Å². The number of hydrogen-bond donors (Lipinski definition) is 0. The number of nitrogens with zero attached hydrogens (tertiary/aromatic N) is 2. The average molecular weight is 663 g/mol. The lowest BCUT2D eigenvalue weighted by Gasteiger charge is -2.26. The van der Waals surface area contributed by atoms with E-state index in [1.807, 2.05) is 0 Å². The molecule has 2 heteroatoms. The molecule has 9 aromatic carbocycles. The van der Waals surface area contributed by atoms with E-state index in [4.69, 9.17) is 0 Å². The Hall–Kier alpha value is -6.90. The predicted molar refractivity (Wildman–Crippen MR) is 221 cm³/mol. The highest BCUT2D eigenvalue weighted by atomic mass is 15.1. The number of aromatic nitrogens is 1. The molecule has 0 aliphatic heterocycles. The minimum Gasteiger partial charge on any atom is -0.310 e. The quantitative estimate of drug-likeness (QED) is 0.172. The Balaban J connectivity index is 1.16. The molecular weight excluding hydrogens is 629 g/mol. The van der Waals surface area contributed by atoms with Crippen molar-refractivity contribution in [3.8, 4) is 27.9 Å². The molecule has 0 aliphatic rings. The van der Waals surface area contributed by atoms with Gasteiger partial charge >= 0.3 is 0 Å². The predicted octanol–water partition coefficient (Wildman–Crippen LogP) is 13.9. The normalized spacial score (nSPS) is 11.5. The molecule has 0 unspecified atom stereocenters. The van der Waals surface area contributed by atoms with Crippen molar-refractivity contribution in [2.45, 2.75) is 0 Å². The first-order valence-corrected chi connectivity index (χ1v) is 17.9. The summed E-state index contributed by atoms with van der Waals surface area (Å²) in [6, 6.07) is 74.7. The Labute approximate surface area is 303 Å². The van der Waals surface area contributed by atoms with Crippen LogP contribution in [0.3, 0.4) is 0 Å². The summed E-state index contributed by atoms with van der Waals surface area (Å²) in [5.74, 6) is 0. The van der Waals surface area contributed by atoms with Crippen LogP contribution >= 0.6 is 0 Å². The Kier molecular flexibility index (Phi) is 7.18. The van der Waals surface area contributed by atoms with E-state index in [9.17, 15) is 0 Å². The number of anilines is 3. The van der Waals surface area contributed by atoms with Gasteiger partial charge in [0, 0.05) is 33.5 Å². The van der Waals surface area contributed by atoms with Gasteiger partial charge in [-0.05, 0) is 111 Å². The molecule has 0 atom stereocenters. The first-order chi connectivity index (χ1) is 25.8. The van der Waals surface area contributed by atoms with Crippen LogP contribution in [0.5, 0.6) is 0 Å². The van der Waals surface area contributed by atoms with Crippen LogP contribution in [0.2, 0.25) is 0 Å². The molecule has 0 spiro atoms. The minimum absolute atomic E-state index is 1.11. The van der Waals surface area contributed by atoms with Crippen molar-refractivity contribution in [3.05, 3.63) is 206 Å². The van der Waals surface area contributed by atoms with Gasteiger partial charge in [-0.25, -0.2) is 0 Å². The van der Waals surface area contributed by atoms with E-state index in [-0.39, 0.29) is 0 Å². The molecule has 0 radical (unpaired) electrons. The van der Waals surface area contributed by atoms with Crippen molar-refractivity contribution in [1.29, 1.82) is 0 Å². The van der Waals surface area contributed by atoms with Crippen molar-refractivity contribution in [1.82, 2.24) is 4.57 Å². The van der Waals surface area contributed by atoms with E-state index in [1.54, 1.807) is 0 Å². The van der Waals surface area contributed by atoms with E-state index in [2.05, 4.69) is 216 Å². The maximum Gasteiger partial charge on any atom is 0.0553 e. The molecule has 244 valence electrons. The third kappa shape index (κ3) is 5.04. The second-order valence-corrected chi connectivity index (χ2v) is 13.4. The van der Waals surface area contributed by atoms with Gasteiger partial charge < -0.3 is 9.47 Å². The molecule has 0 fully saturated rings. The van der Waals surface area contributed by atoms with Crippen LogP contribution in [0.25, 0.3) is 71.3 Å². The first-order valence-electron chi connectivity index (χ1n) is 17.9. The Morgan fingerprint density at radius 3 is 1.75 bits per heavy atom. The van der Waals surface area contributed by atoms with Gasteiger partial charge in [0.25, 0.3) is 0 Å². The first kappa shape index (κ1) is 30.0. The monoisotopic (exact) mass is 662 g/mol. The summed E-state index contributed by atoms with van der Waals surface area (Å²) in [6.45, 7) is 0.